The number of methoxy groups -OCH3 is 1. The van der Waals surface area contributed by atoms with E-state index < -0.39 is 0 Å². The van der Waals surface area contributed by atoms with E-state index in [0.29, 0.717) is 17.2 Å². The van der Waals surface area contributed by atoms with Gasteiger partial charge in [-0.1, -0.05) is 0 Å². The van der Waals surface area contributed by atoms with Gasteiger partial charge in [-0.3, -0.25) is 4.57 Å². The Morgan fingerprint density at radius 2 is 2.29 bits per heavy atom. The maximum absolute atomic E-state index is 11.9. The number of nitrogens with zero attached hydrogens (tertiary/aromatic N) is 3. The molecular weight excluding hydrogens is 272 g/mol. The third-order valence-electron chi connectivity index (χ3n) is 2.89. The molecule has 7 nitrogen and oxygen atoms in total. The third kappa shape index (κ3) is 2.62. The van der Waals surface area contributed by atoms with Gasteiger partial charge in [0.25, 0.3) is 0 Å². The molecular formula is C14H12N4O3. The second-order valence-electron chi connectivity index (χ2n) is 4.18. The van der Waals surface area contributed by atoms with Crippen molar-refractivity contribution >= 4 is 11.7 Å². The number of aromatic nitrogens is 3. The minimum absolute atomic E-state index is 0.304. The van der Waals surface area contributed by atoms with Crippen molar-refractivity contribution in [3.63, 3.8) is 0 Å². The minimum atomic E-state index is -0.304. The molecule has 0 radical (unpaired) electrons. The highest BCUT2D eigenvalue weighted by molar-refractivity contribution is 5.91. The number of hydrogen-bond donors (Lipinski definition) is 1. The van der Waals surface area contributed by atoms with E-state index in [4.69, 9.17) is 9.15 Å². The minimum Gasteiger partial charge on any atom is -0.496 e. The van der Waals surface area contributed by atoms with Crippen molar-refractivity contribution in [2.24, 2.45) is 0 Å². The number of oxazole rings is 1. The lowest BCUT2D eigenvalue weighted by atomic mass is 10.1. The fourth-order valence-electron chi connectivity index (χ4n) is 1.89. The Kier molecular flexibility index (Phi) is 3.38. The van der Waals surface area contributed by atoms with Crippen molar-refractivity contribution in [2.45, 2.75) is 0 Å². The molecule has 1 N–H and O–H groups in total. The lowest BCUT2D eigenvalue weighted by molar-refractivity contribution is 0.253. The standard InChI is InChI=1S/C14H12N4O3/c1-20-12-6-10(17-14(19)18-5-4-15-8-18)2-3-11(12)13-7-16-9-21-13/h2-9H,1H3,(H,17,19). The van der Waals surface area contributed by atoms with E-state index in [0.717, 1.165) is 5.56 Å². The second kappa shape index (κ2) is 5.49. The van der Waals surface area contributed by atoms with Crippen LogP contribution in [0.15, 0.2) is 53.9 Å². The fourth-order valence-corrected chi connectivity index (χ4v) is 1.89. The molecule has 0 fully saturated rings. The van der Waals surface area contributed by atoms with Gasteiger partial charge in [0.05, 0.1) is 18.9 Å². The number of ether oxygens (including phenoxy) is 1. The van der Waals surface area contributed by atoms with Crippen LogP contribution in [0.2, 0.25) is 0 Å². The summed E-state index contributed by atoms with van der Waals surface area (Å²) in [6, 6.07) is 4.96. The third-order valence-corrected chi connectivity index (χ3v) is 2.89. The number of benzene rings is 1. The Morgan fingerprint density at radius 3 is 2.95 bits per heavy atom. The first-order valence-electron chi connectivity index (χ1n) is 6.14. The normalized spacial score (nSPS) is 10.3. The molecule has 106 valence electrons. The van der Waals surface area contributed by atoms with Gasteiger partial charge in [-0.15, -0.1) is 0 Å². The molecule has 0 spiro atoms. The van der Waals surface area contributed by atoms with Crippen molar-refractivity contribution < 1.29 is 13.9 Å². The molecule has 2 aromatic heterocycles. The first-order chi connectivity index (χ1) is 10.3. The number of amides is 1. The summed E-state index contributed by atoms with van der Waals surface area (Å²) in [4.78, 5) is 19.6. The van der Waals surface area contributed by atoms with Gasteiger partial charge < -0.3 is 14.5 Å². The maximum atomic E-state index is 11.9. The topological polar surface area (TPSA) is 82.2 Å². The molecule has 0 bridgehead atoms. The summed E-state index contributed by atoms with van der Waals surface area (Å²) in [5.41, 5.74) is 1.37. The van der Waals surface area contributed by atoms with E-state index in [2.05, 4.69) is 15.3 Å². The maximum Gasteiger partial charge on any atom is 0.331 e. The van der Waals surface area contributed by atoms with Gasteiger partial charge in [0.15, 0.2) is 12.2 Å². The summed E-state index contributed by atoms with van der Waals surface area (Å²) in [5.74, 6) is 1.18. The first kappa shape index (κ1) is 12.9. The summed E-state index contributed by atoms with van der Waals surface area (Å²) in [6.07, 6.45) is 7.48. The highest BCUT2D eigenvalue weighted by Gasteiger charge is 2.11. The van der Waals surface area contributed by atoms with E-state index in [9.17, 15) is 4.79 Å². The van der Waals surface area contributed by atoms with Crippen LogP contribution < -0.4 is 10.1 Å². The second-order valence-corrected chi connectivity index (χ2v) is 4.18. The van der Waals surface area contributed by atoms with Gasteiger partial charge in [-0.2, -0.15) is 0 Å². The van der Waals surface area contributed by atoms with Crippen molar-refractivity contribution in [3.05, 3.63) is 49.5 Å². The van der Waals surface area contributed by atoms with Crippen molar-refractivity contribution in [1.29, 1.82) is 0 Å². The Balaban J connectivity index is 1.86. The van der Waals surface area contributed by atoms with Crippen molar-refractivity contribution in [1.82, 2.24) is 14.5 Å². The molecule has 0 aliphatic carbocycles. The van der Waals surface area contributed by atoms with Crippen LogP contribution in [0.3, 0.4) is 0 Å². The van der Waals surface area contributed by atoms with E-state index in [-0.39, 0.29) is 6.03 Å². The van der Waals surface area contributed by atoms with Crippen molar-refractivity contribution in [2.75, 3.05) is 12.4 Å². The van der Waals surface area contributed by atoms with Gasteiger partial charge in [0.2, 0.25) is 0 Å². The molecule has 1 amide bonds. The average molecular weight is 284 g/mol. The lowest BCUT2D eigenvalue weighted by Gasteiger charge is -2.10. The van der Waals surface area contributed by atoms with E-state index >= 15 is 0 Å². The molecule has 7 heteroatoms. The van der Waals surface area contributed by atoms with Crippen LogP contribution in [0.25, 0.3) is 11.3 Å². The number of carbonyl (C=O) groups is 1. The Hall–Kier alpha value is -3.09. The molecule has 3 rings (SSSR count). The molecule has 1 aromatic carbocycles. The SMILES string of the molecule is COc1cc(NC(=O)n2ccnc2)ccc1-c1cnco1. The summed E-state index contributed by atoms with van der Waals surface area (Å²) >= 11 is 0. The molecule has 0 atom stereocenters. The number of nitrogens with one attached hydrogen (secondary N) is 1. The van der Waals surface area contributed by atoms with E-state index in [1.54, 1.807) is 37.7 Å². The van der Waals surface area contributed by atoms with Gasteiger partial charge in [0, 0.05) is 24.1 Å². The number of carbonyl (C=O) groups excluding carboxylic acids is 1. The molecule has 2 heterocycles. The number of imidazole rings is 1. The predicted molar refractivity (Wildman–Crippen MR) is 75.1 cm³/mol. The van der Waals surface area contributed by atoms with Crippen molar-refractivity contribution in [3.8, 4) is 17.1 Å². The summed E-state index contributed by atoms with van der Waals surface area (Å²) < 4.78 is 11.9. The number of anilines is 1. The molecule has 0 unspecified atom stereocenters. The smallest absolute Gasteiger partial charge is 0.331 e. The summed E-state index contributed by atoms with van der Waals surface area (Å²) in [5, 5.41) is 2.75. The Labute approximate surface area is 120 Å². The van der Waals surface area contributed by atoms with Gasteiger partial charge in [-0.05, 0) is 12.1 Å². The zero-order chi connectivity index (χ0) is 14.7. The summed E-state index contributed by atoms with van der Waals surface area (Å²) in [6.45, 7) is 0. The van der Waals surface area contributed by atoms with E-state index in [1.165, 1.54) is 23.5 Å². The zero-order valence-electron chi connectivity index (χ0n) is 11.2. The Morgan fingerprint density at radius 1 is 1.38 bits per heavy atom. The Bertz CT molecular complexity index is 736. The quantitative estimate of drug-likeness (QED) is 0.799. The molecule has 21 heavy (non-hydrogen) atoms. The monoisotopic (exact) mass is 284 g/mol. The highest BCUT2D eigenvalue weighted by Crippen LogP contribution is 2.32. The van der Waals surface area contributed by atoms with Gasteiger partial charge in [0.1, 0.15) is 12.1 Å². The molecule has 0 aliphatic rings. The summed E-state index contributed by atoms with van der Waals surface area (Å²) in [7, 11) is 1.55. The van der Waals surface area contributed by atoms with Crippen LogP contribution in [0.5, 0.6) is 5.75 Å². The van der Waals surface area contributed by atoms with Crippen LogP contribution in [-0.4, -0.2) is 27.7 Å². The largest absolute Gasteiger partial charge is 0.496 e. The van der Waals surface area contributed by atoms with Crippen LogP contribution >= 0.6 is 0 Å². The van der Waals surface area contributed by atoms with Crippen LogP contribution in [0.1, 0.15) is 0 Å². The van der Waals surface area contributed by atoms with Crippen LogP contribution in [0, 0.1) is 0 Å². The molecule has 3 aromatic rings. The van der Waals surface area contributed by atoms with E-state index in [1.807, 2.05) is 0 Å². The lowest BCUT2D eigenvalue weighted by Crippen LogP contribution is -2.17. The molecule has 0 aliphatic heterocycles. The van der Waals surface area contributed by atoms with Gasteiger partial charge >= 0.3 is 6.03 Å². The number of hydrogen-bond acceptors (Lipinski definition) is 5. The van der Waals surface area contributed by atoms with Crippen LogP contribution in [-0.2, 0) is 0 Å². The fraction of sp³-hybridized carbons (Fsp3) is 0.0714. The zero-order valence-corrected chi connectivity index (χ0v) is 11.2. The number of rotatable bonds is 3. The average Bonchev–Trinajstić information content (AvgIpc) is 3.20. The molecule has 0 saturated carbocycles. The molecule has 0 saturated heterocycles. The van der Waals surface area contributed by atoms with Crippen LogP contribution in [0.4, 0.5) is 10.5 Å². The first-order valence-corrected chi connectivity index (χ1v) is 6.14. The predicted octanol–water partition coefficient (Wildman–Crippen LogP) is 2.63. The highest BCUT2D eigenvalue weighted by atomic mass is 16.5. The van der Waals surface area contributed by atoms with Gasteiger partial charge in [-0.25, -0.2) is 14.8 Å².